The van der Waals surface area contributed by atoms with Gasteiger partial charge in [0.1, 0.15) is 0 Å². The number of anilines is 1. The van der Waals surface area contributed by atoms with Gasteiger partial charge in [0.2, 0.25) is 0 Å². The predicted molar refractivity (Wildman–Crippen MR) is 79.2 cm³/mol. The Balaban J connectivity index is 2.68. The molecule has 0 fully saturated rings. The van der Waals surface area contributed by atoms with Crippen LogP contribution in [0.3, 0.4) is 0 Å². The van der Waals surface area contributed by atoms with Crippen LogP contribution in [0.4, 0.5) is 5.69 Å². The van der Waals surface area contributed by atoms with E-state index in [4.69, 9.17) is 16.3 Å². The molecule has 1 rings (SSSR count). The maximum Gasteiger partial charge on any atom is 0.251 e. The number of hydrogen-bond acceptors (Lipinski definition) is 3. The first-order valence-electron chi connectivity index (χ1n) is 6.21. The van der Waals surface area contributed by atoms with Crippen molar-refractivity contribution in [3.8, 4) is 0 Å². The van der Waals surface area contributed by atoms with Crippen LogP contribution in [0.2, 0.25) is 0 Å². The third-order valence-corrected chi connectivity index (χ3v) is 3.19. The van der Waals surface area contributed by atoms with Crippen LogP contribution >= 0.6 is 11.6 Å². The second-order valence-electron chi connectivity index (χ2n) is 4.55. The lowest BCUT2D eigenvalue weighted by Gasteiger charge is -2.17. The zero-order valence-corrected chi connectivity index (χ0v) is 12.4. The van der Waals surface area contributed by atoms with Gasteiger partial charge in [-0.05, 0) is 24.6 Å². The molecule has 0 heterocycles. The Hall–Kier alpha value is -1.26. The maximum absolute atomic E-state index is 12.1. The molecule has 0 aliphatic rings. The van der Waals surface area contributed by atoms with E-state index in [2.05, 4.69) is 5.32 Å². The van der Waals surface area contributed by atoms with Gasteiger partial charge in [-0.2, -0.15) is 0 Å². The number of hydrogen-bond donors (Lipinski definition) is 1. The Morgan fingerprint density at radius 1 is 1.47 bits per heavy atom. The number of alkyl halides is 1. The standard InChI is InChI=1S/C14H21ClN2O2/c1-17(2)13-6-4-5-11(9-13)14(18)16-12(10-15)7-8-19-3/h4-6,9,12H,7-8,10H2,1-3H3,(H,16,18). The topological polar surface area (TPSA) is 41.6 Å². The number of ether oxygens (including phenoxy) is 1. The van der Waals surface area contributed by atoms with Gasteiger partial charge >= 0.3 is 0 Å². The summed E-state index contributed by atoms with van der Waals surface area (Å²) in [5.41, 5.74) is 1.63. The lowest BCUT2D eigenvalue weighted by Crippen LogP contribution is -2.37. The van der Waals surface area contributed by atoms with Crippen molar-refractivity contribution in [2.75, 3.05) is 38.6 Å². The molecule has 1 unspecified atom stereocenters. The van der Waals surface area contributed by atoms with E-state index in [1.807, 2.05) is 37.2 Å². The summed E-state index contributed by atoms with van der Waals surface area (Å²) in [7, 11) is 5.52. The van der Waals surface area contributed by atoms with Gasteiger partial charge in [-0.15, -0.1) is 11.6 Å². The largest absolute Gasteiger partial charge is 0.385 e. The molecule has 0 saturated carbocycles. The van der Waals surface area contributed by atoms with Crippen molar-refractivity contribution < 1.29 is 9.53 Å². The van der Waals surface area contributed by atoms with Gasteiger partial charge in [0.05, 0.1) is 0 Å². The molecule has 106 valence electrons. The molecule has 1 N–H and O–H groups in total. The number of methoxy groups -OCH3 is 1. The summed E-state index contributed by atoms with van der Waals surface area (Å²) in [4.78, 5) is 14.1. The average molecular weight is 285 g/mol. The summed E-state index contributed by atoms with van der Waals surface area (Å²) in [5, 5.41) is 2.91. The second-order valence-corrected chi connectivity index (χ2v) is 4.86. The highest BCUT2D eigenvalue weighted by Gasteiger charge is 2.13. The Morgan fingerprint density at radius 2 is 2.21 bits per heavy atom. The molecule has 0 radical (unpaired) electrons. The molecular weight excluding hydrogens is 264 g/mol. The summed E-state index contributed by atoms with van der Waals surface area (Å²) in [6.07, 6.45) is 0.707. The van der Waals surface area contributed by atoms with E-state index in [1.54, 1.807) is 13.2 Å². The number of amides is 1. The molecule has 0 saturated heterocycles. The van der Waals surface area contributed by atoms with Gasteiger partial charge in [-0.25, -0.2) is 0 Å². The molecule has 0 aliphatic heterocycles. The third kappa shape index (κ3) is 5.09. The van der Waals surface area contributed by atoms with Crippen molar-refractivity contribution in [2.45, 2.75) is 12.5 Å². The van der Waals surface area contributed by atoms with Crippen molar-refractivity contribution in [1.29, 1.82) is 0 Å². The highest BCUT2D eigenvalue weighted by atomic mass is 35.5. The molecule has 1 aromatic rings. The minimum absolute atomic E-state index is 0.0721. The van der Waals surface area contributed by atoms with Gasteiger partial charge in [-0.3, -0.25) is 4.79 Å². The van der Waals surface area contributed by atoms with Gasteiger partial charge in [-0.1, -0.05) is 6.07 Å². The zero-order valence-electron chi connectivity index (χ0n) is 11.6. The minimum Gasteiger partial charge on any atom is -0.385 e. The van der Waals surface area contributed by atoms with Gasteiger partial charge in [0.15, 0.2) is 0 Å². The van der Waals surface area contributed by atoms with Crippen LogP contribution in [-0.2, 0) is 4.74 Å². The molecule has 1 amide bonds. The van der Waals surface area contributed by atoms with E-state index in [1.165, 1.54) is 0 Å². The van der Waals surface area contributed by atoms with Crippen LogP contribution in [0.25, 0.3) is 0 Å². The Bertz CT molecular complexity index is 410. The van der Waals surface area contributed by atoms with Crippen molar-refractivity contribution in [3.63, 3.8) is 0 Å². The van der Waals surface area contributed by atoms with Crippen LogP contribution < -0.4 is 10.2 Å². The first kappa shape index (κ1) is 15.8. The maximum atomic E-state index is 12.1. The number of halogens is 1. The van der Waals surface area contributed by atoms with Gasteiger partial charge in [0.25, 0.3) is 5.91 Å². The number of carbonyl (C=O) groups excluding carboxylic acids is 1. The van der Waals surface area contributed by atoms with Crippen LogP contribution in [0, 0.1) is 0 Å². The Morgan fingerprint density at radius 3 is 2.79 bits per heavy atom. The quantitative estimate of drug-likeness (QED) is 0.780. The SMILES string of the molecule is COCCC(CCl)NC(=O)c1cccc(N(C)C)c1. The number of rotatable bonds is 7. The van der Waals surface area contributed by atoms with Gasteiger partial charge in [0, 0.05) is 51.0 Å². The normalized spacial score (nSPS) is 12.0. The number of carbonyl (C=O) groups is 1. The highest BCUT2D eigenvalue weighted by Crippen LogP contribution is 2.13. The first-order chi connectivity index (χ1) is 9.08. The molecule has 1 atom stereocenters. The van der Waals surface area contributed by atoms with Crippen molar-refractivity contribution in [1.82, 2.24) is 5.32 Å². The summed E-state index contributed by atoms with van der Waals surface area (Å²) >= 11 is 5.84. The fourth-order valence-electron chi connectivity index (χ4n) is 1.64. The van der Waals surface area contributed by atoms with Crippen LogP contribution in [0.1, 0.15) is 16.8 Å². The summed E-state index contributed by atoms with van der Waals surface area (Å²) in [6, 6.07) is 7.41. The summed E-state index contributed by atoms with van der Waals surface area (Å²) in [6.45, 7) is 0.579. The van der Waals surface area contributed by atoms with E-state index >= 15 is 0 Å². The van der Waals surface area contributed by atoms with Crippen molar-refractivity contribution in [3.05, 3.63) is 29.8 Å². The molecular formula is C14H21ClN2O2. The third-order valence-electron chi connectivity index (χ3n) is 2.82. The summed E-state index contributed by atoms with van der Waals surface area (Å²) < 4.78 is 5.00. The van der Waals surface area contributed by atoms with E-state index in [0.29, 0.717) is 24.5 Å². The molecule has 0 bridgehead atoms. The van der Waals surface area contributed by atoms with Crippen LogP contribution in [0.5, 0.6) is 0 Å². The molecule has 0 spiro atoms. The molecule has 1 aromatic carbocycles. The number of nitrogens with one attached hydrogen (secondary N) is 1. The summed E-state index contributed by atoms with van der Waals surface area (Å²) in [5.74, 6) is 0.271. The highest BCUT2D eigenvalue weighted by molar-refractivity contribution is 6.18. The lowest BCUT2D eigenvalue weighted by atomic mass is 10.1. The van der Waals surface area contributed by atoms with E-state index in [9.17, 15) is 4.79 Å². The van der Waals surface area contributed by atoms with Crippen LogP contribution in [-0.4, -0.2) is 45.6 Å². The fraction of sp³-hybridized carbons (Fsp3) is 0.500. The molecule has 0 aromatic heterocycles. The van der Waals surface area contributed by atoms with Gasteiger partial charge < -0.3 is 15.0 Å². The van der Waals surface area contributed by atoms with Crippen molar-refractivity contribution in [2.24, 2.45) is 0 Å². The number of nitrogens with zero attached hydrogens (tertiary/aromatic N) is 1. The molecule has 0 aliphatic carbocycles. The van der Waals surface area contributed by atoms with E-state index in [-0.39, 0.29) is 11.9 Å². The Labute approximate surface area is 119 Å². The van der Waals surface area contributed by atoms with E-state index < -0.39 is 0 Å². The Kier molecular flexibility index (Phi) is 6.67. The van der Waals surface area contributed by atoms with E-state index in [0.717, 1.165) is 5.69 Å². The second kappa shape index (κ2) is 8.02. The number of benzene rings is 1. The monoisotopic (exact) mass is 284 g/mol. The van der Waals surface area contributed by atoms with Crippen LogP contribution in [0.15, 0.2) is 24.3 Å². The average Bonchev–Trinajstić information content (AvgIpc) is 2.43. The predicted octanol–water partition coefficient (Wildman–Crippen LogP) is 2.13. The first-order valence-corrected chi connectivity index (χ1v) is 6.75. The smallest absolute Gasteiger partial charge is 0.251 e. The fourth-order valence-corrected chi connectivity index (χ4v) is 1.87. The lowest BCUT2D eigenvalue weighted by molar-refractivity contribution is 0.0930. The minimum atomic E-state index is -0.106. The molecule has 5 heteroatoms. The van der Waals surface area contributed by atoms with Crippen molar-refractivity contribution >= 4 is 23.2 Å². The molecule has 4 nitrogen and oxygen atoms in total. The molecule has 19 heavy (non-hydrogen) atoms. The zero-order chi connectivity index (χ0) is 14.3.